The van der Waals surface area contributed by atoms with Gasteiger partial charge >= 0.3 is 0 Å². The topological polar surface area (TPSA) is 92.5 Å². The first-order valence-electron chi connectivity index (χ1n) is 8.11. The molecule has 0 aliphatic heterocycles. The zero-order valence-corrected chi connectivity index (χ0v) is 14.4. The van der Waals surface area contributed by atoms with Crippen LogP contribution in [0.15, 0.2) is 48.5 Å². The summed E-state index contributed by atoms with van der Waals surface area (Å²) in [5.74, 6) is -1.56. The minimum atomic E-state index is -0.573. The van der Waals surface area contributed by atoms with Crippen molar-refractivity contribution in [2.24, 2.45) is 5.73 Å². The highest BCUT2D eigenvalue weighted by Crippen LogP contribution is 2.08. The summed E-state index contributed by atoms with van der Waals surface area (Å²) in [6, 6.07) is 11.7. The van der Waals surface area contributed by atoms with Crippen LogP contribution in [-0.2, 0) is 11.3 Å². The zero-order valence-electron chi connectivity index (χ0n) is 14.4. The first-order chi connectivity index (χ1) is 12.4. The van der Waals surface area contributed by atoms with Crippen LogP contribution in [-0.4, -0.2) is 35.7 Å². The second kappa shape index (κ2) is 8.75. The summed E-state index contributed by atoms with van der Waals surface area (Å²) < 4.78 is 12.9. The van der Waals surface area contributed by atoms with Gasteiger partial charge in [0, 0.05) is 24.2 Å². The third kappa shape index (κ3) is 5.14. The van der Waals surface area contributed by atoms with Gasteiger partial charge in [0.2, 0.25) is 11.8 Å². The van der Waals surface area contributed by atoms with Crippen molar-refractivity contribution < 1.29 is 18.8 Å². The van der Waals surface area contributed by atoms with Crippen LogP contribution < -0.4 is 11.1 Å². The molecule has 26 heavy (non-hydrogen) atoms. The third-order valence-corrected chi connectivity index (χ3v) is 3.82. The van der Waals surface area contributed by atoms with Crippen LogP contribution in [0.3, 0.4) is 0 Å². The molecule has 0 bridgehead atoms. The monoisotopic (exact) mass is 357 g/mol. The van der Waals surface area contributed by atoms with Gasteiger partial charge in [-0.3, -0.25) is 14.4 Å². The van der Waals surface area contributed by atoms with E-state index in [1.54, 1.807) is 19.1 Å². The minimum Gasteiger partial charge on any atom is -0.366 e. The molecule has 0 aliphatic carbocycles. The van der Waals surface area contributed by atoms with Crippen LogP contribution in [0.5, 0.6) is 0 Å². The van der Waals surface area contributed by atoms with Gasteiger partial charge in [-0.15, -0.1) is 0 Å². The van der Waals surface area contributed by atoms with Gasteiger partial charge in [-0.1, -0.05) is 12.1 Å². The molecule has 0 saturated heterocycles. The Bertz CT molecular complexity index is 789. The van der Waals surface area contributed by atoms with Crippen molar-refractivity contribution in [2.75, 3.05) is 13.1 Å². The van der Waals surface area contributed by atoms with E-state index < -0.39 is 5.91 Å². The maximum Gasteiger partial charge on any atom is 0.254 e. The highest BCUT2D eigenvalue weighted by Gasteiger charge is 2.17. The second-order valence-electron chi connectivity index (χ2n) is 5.66. The van der Waals surface area contributed by atoms with Crippen LogP contribution in [0, 0.1) is 5.82 Å². The maximum absolute atomic E-state index is 12.9. The lowest BCUT2D eigenvalue weighted by atomic mass is 10.1. The molecule has 6 nitrogen and oxygen atoms in total. The number of amides is 3. The molecule has 2 rings (SSSR count). The molecule has 0 heterocycles. The van der Waals surface area contributed by atoms with Crippen molar-refractivity contribution in [3.63, 3.8) is 0 Å². The molecule has 3 N–H and O–H groups in total. The van der Waals surface area contributed by atoms with E-state index in [9.17, 15) is 18.8 Å². The van der Waals surface area contributed by atoms with E-state index in [-0.39, 0.29) is 30.7 Å². The van der Waals surface area contributed by atoms with Crippen LogP contribution in [0.1, 0.15) is 33.2 Å². The summed E-state index contributed by atoms with van der Waals surface area (Å²) in [5, 5.41) is 2.70. The summed E-state index contributed by atoms with van der Waals surface area (Å²) in [6.45, 7) is 2.26. The Hall–Kier alpha value is -3.22. The normalized spacial score (nSPS) is 10.2. The molecule has 0 aromatic heterocycles. The van der Waals surface area contributed by atoms with Gasteiger partial charge in [0.1, 0.15) is 5.82 Å². The number of hydrogen-bond acceptors (Lipinski definition) is 3. The Morgan fingerprint density at radius 3 is 2.12 bits per heavy atom. The van der Waals surface area contributed by atoms with Crippen molar-refractivity contribution in [1.29, 1.82) is 0 Å². The Morgan fingerprint density at radius 2 is 1.58 bits per heavy atom. The quantitative estimate of drug-likeness (QED) is 0.790. The number of nitrogens with zero attached hydrogens (tertiary/aromatic N) is 1. The molecule has 2 aromatic rings. The number of halogens is 1. The Balaban J connectivity index is 1.94. The fourth-order valence-electron chi connectivity index (χ4n) is 2.32. The number of nitrogens with two attached hydrogens (primary N) is 1. The average Bonchev–Trinajstić information content (AvgIpc) is 2.65. The number of nitrogens with one attached hydrogen (secondary N) is 1. The number of carbonyl (C=O) groups is 3. The van der Waals surface area contributed by atoms with Gasteiger partial charge < -0.3 is 16.0 Å². The molecule has 0 atom stereocenters. The number of benzene rings is 2. The molecule has 0 saturated carbocycles. The van der Waals surface area contributed by atoms with Crippen molar-refractivity contribution >= 4 is 17.7 Å². The fourth-order valence-corrected chi connectivity index (χ4v) is 2.32. The lowest BCUT2D eigenvalue weighted by Crippen LogP contribution is -2.40. The van der Waals surface area contributed by atoms with Gasteiger partial charge in [-0.25, -0.2) is 4.39 Å². The number of likely N-dealkylation sites (N-methyl/N-ethyl adjacent to an activating group) is 1. The minimum absolute atomic E-state index is 0.103. The van der Waals surface area contributed by atoms with Gasteiger partial charge in [-0.2, -0.15) is 0 Å². The standard InChI is InChI=1S/C19H20FN3O3/c1-2-23(19(26)15-7-5-14(6-8-15)18(21)25)12-17(24)22-11-13-3-9-16(20)10-4-13/h3-10H,2,11-12H2,1H3,(H2,21,25)(H,22,24). The molecule has 136 valence electrons. The highest BCUT2D eigenvalue weighted by molar-refractivity contribution is 5.98. The average molecular weight is 357 g/mol. The van der Waals surface area contributed by atoms with Gasteiger partial charge in [0.05, 0.1) is 6.54 Å². The van der Waals surface area contributed by atoms with Crippen LogP contribution in [0.2, 0.25) is 0 Å². The van der Waals surface area contributed by atoms with Gasteiger partial charge in [-0.05, 0) is 48.9 Å². The Kier molecular flexibility index (Phi) is 6.43. The van der Waals surface area contributed by atoms with E-state index >= 15 is 0 Å². The van der Waals surface area contributed by atoms with Crippen molar-refractivity contribution in [3.8, 4) is 0 Å². The summed E-state index contributed by atoms with van der Waals surface area (Å²) in [4.78, 5) is 37.1. The molecule has 3 amide bonds. The van der Waals surface area contributed by atoms with E-state index in [0.29, 0.717) is 17.7 Å². The predicted octanol–water partition coefficient (Wildman–Crippen LogP) is 1.70. The molecule has 0 spiro atoms. The number of rotatable bonds is 7. The largest absolute Gasteiger partial charge is 0.366 e. The first-order valence-corrected chi connectivity index (χ1v) is 8.11. The molecular weight excluding hydrogens is 337 g/mol. The van der Waals surface area contributed by atoms with Gasteiger partial charge in [0.25, 0.3) is 5.91 Å². The molecule has 0 unspecified atom stereocenters. The summed E-state index contributed by atoms with van der Waals surface area (Å²) >= 11 is 0. The van der Waals surface area contributed by atoms with E-state index in [1.807, 2.05) is 0 Å². The zero-order chi connectivity index (χ0) is 19.1. The predicted molar refractivity (Wildman–Crippen MR) is 94.8 cm³/mol. The van der Waals surface area contributed by atoms with E-state index in [0.717, 1.165) is 5.56 Å². The van der Waals surface area contributed by atoms with Crippen molar-refractivity contribution in [2.45, 2.75) is 13.5 Å². The number of hydrogen-bond donors (Lipinski definition) is 2. The van der Waals surface area contributed by atoms with Crippen LogP contribution in [0.25, 0.3) is 0 Å². The van der Waals surface area contributed by atoms with Crippen molar-refractivity contribution in [1.82, 2.24) is 10.2 Å². The van der Waals surface area contributed by atoms with E-state index in [4.69, 9.17) is 5.73 Å². The van der Waals surface area contributed by atoms with Gasteiger partial charge in [0.15, 0.2) is 0 Å². The van der Waals surface area contributed by atoms with E-state index in [2.05, 4.69) is 5.32 Å². The Morgan fingerprint density at radius 1 is 1.00 bits per heavy atom. The molecule has 0 radical (unpaired) electrons. The maximum atomic E-state index is 12.9. The highest BCUT2D eigenvalue weighted by atomic mass is 19.1. The summed E-state index contributed by atoms with van der Waals surface area (Å²) in [7, 11) is 0. The van der Waals surface area contributed by atoms with Crippen LogP contribution >= 0.6 is 0 Å². The second-order valence-corrected chi connectivity index (χ2v) is 5.66. The number of primary amides is 1. The van der Waals surface area contributed by atoms with E-state index in [1.165, 1.54) is 41.3 Å². The Labute approximate surface area is 150 Å². The number of carbonyl (C=O) groups excluding carboxylic acids is 3. The SMILES string of the molecule is CCN(CC(=O)NCc1ccc(F)cc1)C(=O)c1ccc(C(N)=O)cc1. The summed E-state index contributed by atoms with van der Waals surface area (Å²) in [5.41, 5.74) is 6.60. The van der Waals surface area contributed by atoms with Crippen molar-refractivity contribution in [3.05, 3.63) is 71.0 Å². The molecule has 0 aliphatic rings. The first kappa shape index (κ1) is 19.1. The fraction of sp³-hybridized carbons (Fsp3) is 0.211. The molecule has 2 aromatic carbocycles. The lowest BCUT2D eigenvalue weighted by molar-refractivity contribution is -0.121. The summed E-state index contributed by atoms with van der Waals surface area (Å²) in [6.07, 6.45) is 0. The molecule has 0 fully saturated rings. The molecule has 7 heteroatoms. The molecular formula is C19H20FN3O3. The van der Waals surface area contributed by atoms with Crippen LogP contribution in [0.4, 0.5) is 4.39 Å². The smallest absolute Gasteiger partial charge is 0.254 e. The third-order valence-electron chi connectivity index (χ3n) is 3.82. The lowest BCUT2D eigenvalue weighted by Gasteiger charge is -2.20.